The maximum Gasteiger partial charge on any atom is 0.0767 e. The van der Waals surface area contributed by atoms with Crippen molar-refractivity contribution in [2.45, 2.75) is 45.6 Å². The molecule has 0 saturated heterocycles. The van der Waals surface area contributed by atoms with Gasteiger partial charge in [0.05, 0.1) is 15.9 Å². The fraction of sp³-hybridized carbons (Fsp3) is 0.812. The average Bonchev–Trinajstić information content (AvgIpc) is 3.09. The zero-order chi connectivity index (χ0) is 14.3. The Kier molecular flexibility index (Phi) is 4.23. The summed E-state index contributed by atoms with van der Waals surface area (Å²) in [5.74, 6) is 3.01. The predicted molar refractivity (Wildman–Crippen MR) is 85.6 cm³/mol. The van der Waals surface area contributed by atoms with Gasteiger partial charge >= 0.3 is 0 Å². The number of aryl methyl sites for hydroxylation is 2. The Bertz CT molecular complexity index is 482. The summed E-state index contributed by atoms with van der Waals surface area (Å²) < 4.78 is 3.25. The van der Waals surface area contributed by atoms with E-state index in [1.165, 1.54) is 48.1 Å². The number of rotatable bonds is 5. The highest BCUT2D eigenvalue weighted by molar-refractivity contribution is 9.10. The Hall–Kier alpha value is -0.350. The van der Waals surface area contributed by atoms with Crippen molar-refractivity contribution in [1.29, 1.82) is 0 Å². The van der Waals surface area contributed by atoms with Crippen LogP contribution in [0.4, 0.5) is 0 Å². The van der Waals surface area contributed by atoms with E-state index in [0.29, 0.717) is 0 Å². The van der Waals surface area contributed by atoms with E-state index in [1.807, 2.05) is 4.68 Å². The Balaban J connectivity index is 1.61. The van der Waals surface area contributed by atoms with Gasteiger partial charge in [0.2, 0.25) is 0 Å². The third kappa shape index (κ3) is 2.69. The Morgan fingerprint density at radius 2 is 2.15 bits per heavy atom. The number of fused-ring (bicyclic) bond motifs is 2. The average molecular weight is 340 g/mol. The minimum Gasteiger partial charge on any atom is -0.300 e. The van der Waals surface area contributed by atoms with Crippen LogP contribution in [0.3, 0.4) is 0 Å². The highest BCUT2D eigenvalue weighted by Gasteiger charge is 2.39. The lowest BCUT2D eigenvalue weighted by Crippen LogP contribution is -2.29. The molecule has 112 valence electrons. The van der Waals surface area contributed by atoms with E-state index in [-0.39, 0.29) is 0 Å². The lowest BCUT2D eigenvalue weighted by atomic mass is 9.88. The van der Waals surface area contributed by atoms with Crippen LogP contribution in [-0.4, -0.2) is 28.3 Å². The van der Waals surface area contributed by atoms with Gasteiger partial charge in [-0.1, -0.05) is 13.3 Å². The summed E-state index contributed by atoms with van der Waals surface area (Å²) in [7, 11) is 4.32. The summed E-state index contributed by atoms with van der Waals surface area (Å²) in [5, 5.41) is 4.59. The van der Waals surface area contributed by atoms with Gasteiger partial charge < -0.3 is 4.90 Å². The highest BCUT2D eigenvalue weighted by atomic mass is 79.9. The minimum absolute atomic E-state index is 0.941. The molecule has 3 nitrogen and oxygen atoms in total. The van der Waals surface area contributed by atoms with Crippen molar-refractivity contribution in [1.82, 2.24) is 14.7 Å². The van der Waals surface area contributed by atoms with Crippen molar-refractivity contribution in [2.75, 3.05) is 13.6 Å². The molecule has 0 radical (unpaired) electrons. The van der Waals surface area contributed by atoms with Crippen molar-refractivity contribution in [2.24, 2.45) is 24.8 Å². The summed E-state index contributed by atoms with van der Waals surface area (Å²) >= 11 is 3.73. The first kappa shape index (κ1) is 14.6. The Morgan fingerprint density at radius 3 is 2.70 bits per heavy atom. The van der Waals surface area contributed by atoms with Crippen LogP contribution in [0.5, 0.6) is 0 Å². The number of hydrogen-bond acceptors (Lipinski definition) is 2. The van der Waals surface area contributed by atoms with E-state index < -0.39 is 0 Å². The summed E-state index contributed by atoms with van der Waals surface area (Å²) in [5.41, 5.74) is 2.49. The molecule has 20 heavy (non-hydrogen) atoms. The van der Waals surface area contributed by atoms with Crippen LogP contribution in [0.1, 0.15) is 44.0 Å². The van der Waals surface area contributed by atoms with E-state index in [1.54, 1.807) is 0 Å². The van der Waals surface area contributed by atoms with E-state index in [9.17, 15) is 0 Å². The smallest absolute Gasteiger partial charge is 0.0767 e. The van der Waals surface area contributed by atoms with Crippen LogP contribution in [0.2, 0.25) is 0 Å². The van der Waals surface area contributed by atoms with Gasteiger partial charge in [-0.3, -0.25) is 4.68 Å². The third-order valence-electron chi connectivity index (χ3n) is 5.35. The molecule has 0 N–H and O–H groups in total. The number of aromatic nitrogens is 2. The lowest BCUT2D eigenvalue weighted by Gasteiger charge is -2.27. The van der Waals surface area contributed by atoms with E-state index >= 15 is 0 Å². The number of hydrogen-bond donors (Lipinski definition) is 0. The molecule has 3 atom stereocenters. The molecule has 0 amide bonds. The van der Waals surface area contributed by atoms with Gasteiger partial charge in [-0.2, -0.15) is 5.10 Å². The van der Waals surface area contributed by atoms with Crippen LogP contribution in [-0.2, 0) is 20.0 Å². The van der Waals surface area contributed by atoms with Crippen molar-refractivity contribution >= 4 is 15.9 Å². The molecule has 0 spiro atoms. The molecular weight excluding hydrogens is 314 g/mol. The molecule has 2 aliphatic rings. The third-order valence-corrected chi connectivity index (χ3v) is 6.27. The van der Waals surface area contributed by atoms with Crippen molar-refractivity contribution < 1.29 is 0 Å². The number of halogens is 1. The second-order valence-electron chi connectivity index (χ2n) is 6.82. The number of nitrogens with zero attached hydrogens (tertiary/aromatic N) is 3. The molecule has 4 heteroatoms. The SMILES string of the molecule is CCc1nn(C)c(CN(C)CC2CC3CCC2C3)c1Br. The predicted octanol–water partition coefficient (Wildman–Crippen LogP) is 3.61. The summed E-state index contributed by atoms with van der Waals surface area (Å²) in [6.07, 6.45) is 6.96. The Morgan fingerprint density at radius 1 is 1.35 bits per heavy atom. The van der Waals surface area contributed by atoms with Crippen LogP contribution >= 0.6 is 15.9 Å². The van der Waals surface area contributed by atoms with Crippen LogP contribution in [0, 0.1) is 17.8 Å². The molecule has 3 unspecified atom stereocenters. The van der Waals surface area contributed by atoms with Crippen molar-refractivity contribution in [3.63, 3.8) is 0 Å². The van der Waals surface area contributed by atoms with E-state index in [4.69, 9.17) is 0 Å². The molecule has 2 aliphatic carbocycles. The molecular formula is C16H26BrN3. The topological polar surface area (TPSA) is 21.1 Å². The normalized spacial score (nSPS) is 28.8. The van der Waals surface area contributed by atoms with E-state index in [0.717, 1.165) is 30.7 Å². The molecule has 1 heterocycles. The van der Waals surface area contributed by atoms with Gasteiger partial charge in [0.15, 0.2) is 0 Å². The fourth-order valence-electron chi connectivity index (χ4n) is 4.31. The lowest BCUT2D eigenvalue weighted by molar-refractivity contribution is 0.211. The van der Waals surface area contributed by atoms with Gasteiger partial charge in [0, 0.05) is 20.1 Å². The van der Waals surface area contributed by atoms with Crippen molar-refractivity contribution in [3.8, 4) is 0 Å². The molecule has 2 fully saturated rings. The standard InChI is InChI=1S/C16H26BrN3/c1-4-14-16(17)15(20(3)18-14)10-19(2)9-13-8-11-5-6-12(13)7-11/h11-13H,4-10H2,1-3H3. The monoisotopic (exact) mass is 339 g/mol. The van der Waals surface area contributed by atoms with Crippen LogP contribution in [0.25, 0.3) is 0 Å². The Labute approximate surface area is 130 Å². The van der Waals surface area contributed by atoms with Crippen LogP contribution in [0.15, 0.2) is 4.47 Å². The van der Waals surface area contributed by atoms with Gasteiger partial charge in [-0.25, -0.2) is 0 Å². The maximum absolute atomic E-state index is 4.59. The fourth-order valence-corrected chi connectivity index (χ4v) is 5.05. The summed E-state index contributed by atoms with van der Waals surface area (Å²) in [6.45, 7) is 4.41. The first-order valence-corrected chi connectivity index (χ1v) is 8.76. The molecule has 3 rings (SSSR count). The zero-order valence-electron chi connectivity index (χ0n) is 12.9. The maximum atomic E-state index is 4.59. The molecule has 2 saturated carbocycles. The van der Waals surface area contributed by atoms with Gasteiger partial charge in [0.25, 0.3) is 0 Å². The molecule has 0 aromatic carbocycles. The summed E-state index contributed by atoms with van der Waals surface area (Å²) in [6, 6.07) is 0. The first-order valence-electron chi connectivity index (χ1n) is 7.97. The quantitative estimate of drug-likeness (QED) is 0.816. The largest absolute Gasteiger partial charge is 0.300 e. The highest BCUT2D eigenvalue weighted by Crippen LogP contribution is 2.48. The summed E-state index contributed by atoms with van der Waals surface area (Å²) in [4.78, 5) is 2.49. The molecule has 2 bridgehead atoms. The zero-order valence-corrected chi connectivity index (χ0v) is 14.5. The molecule has 0 aliphatic heterocycles. The van der Waals surface area contributed by atoms with Gasteiger partial charge in [-0.15, -0.1) is 0 Å². The van der Waals surface area contributed by atoms with Crippen molar-refractivity contribution in [3.05, 3.63) is 15.9 Å². The second-order valence-corrected chi connectivity index (χ2v) is 7.61. The molecule has 1 aromatic heterocycles. The first-order chi connectivity index (χ1) is 9.58. The van der Waals surface area contributed by atoms with E-state index in [2.05, 4.69) is 46.9 Å². The van der Waals surface area contributed by atoms with Crippen LogP contribution < -0.4 is 0 Å². The van der Waals surface area contributed by atoms with Gasteiger partial charge in [-0.05, 0) is 66.4 Å². The second kappa shape index (κ2) is 5.80. The minimum atomic E-state index is 0.941. The molecule has 1 aromatic rings. The van der Waals surface area contributed by atoms with Gasteiger partial charge in [0.1, 0.15) is 0 Å².